The molecule has 0 aliphatic carbocycles. The maximum atomic E-state index is 13.9. The van der Waals surface area contributed by atoms with Gasteiger partial charge in [0.25, 0.3) is 0 Å². The highest BCUT2D eigenvalue weighted by molar-refractivity contribution is 5.76. The van der Waals surface area contributed by atoms with Crippen LogP contribution in [0.2, 0.25) is 0 Å². The van der Waals surface area contributed by atoms with Crippen LogP contribution in [0.4, 0.5) is 4.39 Å². The lowest BCUT2D eigenvalue weighted by molar-refractivity contribution is -0.122. The number of carbonyl (C=O) groups excluding carboxylic acids is 1. The molecule has 0 saturated heterocycles. The fourth-order valence-electron chi connectivity index (χ4n) is 2.98. The van der Waals surface area contributed by atoms with Crippen LogP contribution >= 0.6 is 0 Å². The number of nitrogens with one attached hydrogen (secondary N) is 1. The first-order valence-electron chi connectivity index (χ1n) is 9.40. The lowest BCUT2D eigenvalue weighted by Gasteiger charge is -2.10. The normalized spacial score (nSPS) is 10.8. The molecule has 2 aromatic carbocycles. The predicted molar refractivity (Wildman–Crippen MR) is 113 cm³/mol. The highest BCUT2D eigenvalue weighted by Crippen LogP contribution is 2.25. The monoisotopic (exact) mass is 410 g/mol. The molecule has 0 fully saturated rings. The number of methoxy groups -OCH3 is 1. The maximum absolute atomic E-state index is 13.9. The van der Waals surface area contributed by atoms with Crippen LogP contribution in [0.3, 0.4) is 0 Å². The molecule has 0 spiro atoms. The van der Waals surface area contributed by atoms with Gasteiger partial charge in [-0.2, -0.15) is 4.68 Å². The van der Waals surface area contributed by atoms with Gasteiger partial charge in [-0.05, 0) is 49.7 Å². The van der Waals surface area contributed by atoms with Crippen molar-refractivity contribution in [2.75, 3.05) is 7.11 Å². The number of hydrogen-bond acceptors (Lipinski definition) is 4. The predicted octanol–water partition coefficient (Wildman–Crippen LogP) is 3.02. The number of nitrogens with zero attached hydrogens (tertiary/aromatic N) is 3. The fourth-order valence-corrected chi connectivity index (χ4v) is 2.98. The molecule has 30 heavy (non-hydrogen) atoms. The molecule has 0 bridgehead atoms. The lowest BCUT2D eigenvalue weighted by atomic mass is 10.2. The van der Waals surface area contributed by atoms with Gasteiger partial charge in [0.2, 0.25) is 5.91 Å². The van der Waals surface area contributed by atoms with Gasteiger partial charge in [0.15, 0.2) is 17.4 Å². The Labute approximate surface area is 173 Å². The van der Waals surface area contributed by atoms with Crippen LogP contribution in [-0.2, 0) is 11.3 Å². The van der Waals surface area contributed by atoms with E-state index in [4.69, 9.17) is 4.74 Å². The molecule has 1 heterocycles. The van der Waals surface area contributed by atoms with Crippen molar-refractivity contribution in [2.45, 2.75) is 26.4 Å². The largest absolute Gasteiger partial charge is 0.494 e. The molecule has 1 N–H and O–H groups in total. The molecule has 1 aromatic heterocycles. The standard InChI is InChI=1S/C22H23FN4O3/c1-5-15-6-9-17(10-7-15)27-22(29)26(13-20(28)24-14(2)3)21(25-27)16-8-11-18(23)19(12-16)30-4/h5-12,14H,1,13H2,2-4H3,(H,24,28). The molecule has 0 unspecified atom stereocenters. The van der Waals surface area contributed by atoms with Crippen LogP contribution < -0.4 is 15.7 Å². The average molecular weight is 410 g/mol. The molecule has 0 atom stereocenters. The second-order valence-corrected chi connectivity index (χ2v) is 6.97. The zero-order valence-corrected chi connectivity index (χ0v) is 17.1. The summed E-state index contributed by atoms with van der Waals surface area (Å²) in [5, 5.41) is 7.19. The third kappa shape index (κ3) is 4.32. The van der Waals surface area contributed by atoms with Crippen molar-refractivity contribution in [3.63, 3.8) is 0 Å². The summed E-state index contributed by atoms with van der Waals surface area (Å²) in [6, 6.07) is 11.2. The van der Waals surface area contributed by atoms with Crippen LogP contribution in [0.15, 0.2) is 53.8 Å². The summed E-state index contributed by atoms with van der Waals surface area (Å²) >= 11 is 0. The van der Waals surface area contributed by atoms with Gasteiger partial charge in [0, 0.05) is 11.6 Å². The Hall–Kier alpha value is -3.68. The maximum Gasteiger partial charge on any atom is 0.351 e. The molecular formula is C22H23FN4O3. The number of amides is 1. The third-order valence-electron chi connectivity index (χ3n) is 4.40. The summed E-state index contributed by atoms with van der Waals surface area (Å²) in [4.78, 5) is 25.5. The Kier molecular flexibility index (Phi) is 6.15. The van der Waals surface area contributed by atoms with Gasteiger partial charge in [-0.25, -0.2) is 9.18 Å². The minimum absolute atomic E-state index is 0.0167. The van der Waals surface area contributed by atoms with Crippen LogP contribution in [0.5, 0.6) is 5.75 Å². The van der Waals surface area contributed by atoms with E-state index in [0.29, 0.717) is 11.3 Å². The summed E-state index contributed by atoms with van der Waals surface area (Å²) in [6.45, 7) is 7.15. The SMILES string of the molecule is C=Cc1ccc(-n2nc(-c3ccc(F)c(OC)c3)n(CC(=O)NC(C)C)c2=O)cc1. The van der Waals surface area contributed by atoms with Crippen molar-refractivity contribution in [1.82, 2.24) is 19.7 Å². The summed E-state index contributed by atoms with van der Waals surface area (Å²) in [5.41, 5.74) is 1.39. The van der Waals surface area contributed by atoms with Gasteiger partial charge < -0.3 is 10.1 Å². The van der Waals surface area contributed by atoms with Crippen LogP contribution in [0.25, 0.3) is 23.2 Å². The Morgan fingerprint density at radius 1 is 1.27 bits per heavy atom. The van der Waals surface area contributed by atoms with E-state index in [-0.39, 0.29) is 30.1 Å². The van der Waals surface area contributed by atoms with Crippen LogP contribution in [0.1, 0.15) is 19.4 Å². The van der Waals surface area contributed by atoms with E-state index in [1.807, 2.05) is 13.8 Å². The van der Waals surface area contributed by atoms with Gasteiger partial charge in [0.1, 0.15) is 6.54 Å². The van der Waals surface area contributed by atoms with E-state index in [1.54, 1.807) is 30.3 Å². The molecule has 156 valence electrons. The van der Waals surface area contributed by atoms with E-state index in [0.717, 1.165) is 5.56 Å². The number of ether oxygens (including phenoxy) is 1. The van der Waals surface area contributed by atoms with Gasteiger partial charge >= 0.3 is 5.69 Å². The van der Waals surface area contributed by atoms with E-state index in [2.05, 4.69) is 17.0 Å². The molecule has 7 nitrogen and oxygen atoms in total. The Morgan fingerprint density at radius 2 is 1.97 bits per heavy atom. The van der Waals surface area contributed by atoms with E-state index in [1.165, 1.54) is 34.6 Å². The van der Waals surface area contributed by atoms with Gasteiger partial charge in [-0.1, -0.05) is 24.8 Å². The third-order valence-corrected chi connectivity index (χ3v) is 4.40. The molecule has 0 saturated carbocycles. The van der Waals surface area contributed by atoms with Crippen molar-refractivity contribution in [2.24, 2.45) is 0 Å². The highest BCUT2D eigenvalue weighted by Gasteiger charge is 2.20. The molecule has 0 aliphatic rings. The minimum atomic E-state index is -0.535. The number of rotatable bonds is 7. The summed E-state index contributed by atoms with van der Waals surface area (Å²) < 4.78 is 21.4. The van der Waals surface area contributed by atoms with Crippen LogP contribution in [-0.4, -0.2) is 33.4 Å². The smallest absolute Gasteiger partial charge is 0.351 e. The van der Waals surface area contributed by atoms with E-state index < -0.39 is 11.5 Å². The van der Waals surface area contributed by atoms with Gasteiger partial charge in [0.05, 0.1) is 12.8 Å². The zero-order valence-electron chi connectivity index (χ0n) is 17.1. The molecule has 0 radical (unpaired) electrons. The molecule has 0 aliphatic heterocycles. The number of benzene rings is 2. The summed E-state index contributed by atoms with van der Waals surface area (Å²) in [5.74, 6) is -0.621. The number of aromatic nitrogens is 3. The van der Waals surface area contributed by atoms with Crippen molar-refractivity contribution in [1.29, 1.82) is 0 Å². The number of halogens is 1. The van der Waals surface area contributed by atoms with Crippen molar-refractivity contribution >= 4 is 12.0 Å². The molecule has 8 heteroatoms. The van der Waals surface area contributed by atoms with E-state index >= 15 is 0 Å². The quantitative estimate of drug-likeness (QED) is 0.650. The van der Waals surface area contributed by atoms with Crippen molar-refractivity contribution in [3.8, 4) is 22.8 Å². The minimum Gasteiger partial charge on any atom is -0.494 e. The summed E-state index contributed by atoms with van der Waals surface area (Å²) in [6.07, 6.45) is 1.69. The Bertz CT molecular complexity index is 1130. The summed E-state index contributed by atoms with van der Waals surface area (Å²) in [7, 11) is 1.35. The molecule has 1 amide bonds. The molecule has 3 aromatic rings. The second kappa shape index (κ2) is 8.77. The van der Waals surface area contributed by atoms with Gasteiger partial charge in [-0.3, -0.25) is 9.36 Å². The highest BCUT2D eigenvalue weighted by atomic mass is 19.1. The van der Waals surface area contributed by atoms with E-state index in [9.17, 15) is 14.0 Å². The number of carbonyl (C=O) groups is 1. The molecular weight excluding hydrogens is 387 g/mol. The first-order valence-corrected chi connectivity index (χ1v) is 9.40. The first-order chi connectivity index (χ1) is 14.3. The zero-order chi connectivity index (χ0) is 21.8. The topological polar surface area (TPSA) is 78.2 Å². The average Bonchev–Trinajstić information content (AvgIpc) is 3.04. The van der Waals surface area contributed by atoms with Gasteiger partial charge in [-0.15, -0.1) is 5.10 Å². The van der Waals surface area contributed by atoms with Crippen LogP contribution in [0, 0.1) is 5.82 Å². The van der Waals surface area contributed by atoms with Crippen molar-refractivity contribution in [3.05, 3.63) is 70.9 Å². The number of hydrogen-bond donors (Lipinski definition) is 1. The van der Waals surface area contributed by atoms with Crippen molar-refractivity contribution < 1.29 is 13.9 Å². The first kappa shape index (κ1) is 21.0. The Morgan fingerprint density at radius 3 is 2.57 bits per heavy atom. The fraction of sp³-hybridized carbons (Fsp3) is 0.227. The second-order valence-electron chi connectivity index (χ2n) is 6.97. The Balaban J connectivity index is 2.14. The molecule has 3 rings (SSSR count). The lowest BCUT2D eigenvalue weighted by Crippen LogP contribution is -2.36.